The van der Waals surface area contributed by atoms with E-state index in [2.05, 4.69) is 15.3 Å². The highest BCUT2D eigenvalue weighted by molar-refractivity contribution is 5.98. The van der Waals surface area contributed by atoms with Gasteiger partial charge in [0, 0.05) is 54.9 Å². The summed E-state index contributed by atoms with van der Waals surface area (Å²) >= 11 is 0. The molecule has 3 atom stereocenters. The molecule has 4 rings (SSSR count). The minimum Gasteiger partial charge on any atom is -0.472 e. The highest BCUT2D eigenvalue weighted by Gasteiger charge is 2.34. The fourth-order valence-corrected chi connectivity index (χ4v) is 4.12. The maximum absolute atomic E-state index is 13.6. The summed E-state index contributed by atoms with van der Waals surface area (Å²) in [6.45, 7) is 4.03. The second kappa shape index (κ2) is 11.3. The number of carbonyl (C=O) groups is 2. The van der Waals surface area contributed by atoms with E-state index in [0.29, 0.717) is 17.8 Å². The normalized spacial score (nSPS) is 18.2. The van der Waals surface area contributed by atoms with Gasteiger partial charge >= 0.3 is 6.03 Å². The highest BCUT2D eigenvalue weighted by Crippen LogP contribution is 2.30. The lowest BCUT2D eigenvalue weighted by atomic mass is 9.99. The van der Waals surface area contributed by atoms with E-state index >= 15 is 0 Å². The number of nitrogens with one attached hydrogen (secondary N) is 1. The van der Waals surface area contributed by atoms with Crippen LogP contribution >= 0.6 is 0 Å². The van der Waals surface area contributed by atoms with Gasteiger partial charge in [0.05, 0.1) is 19.2 Å². The van der Waals surface area contributed by atoms with Crippen molar-refractivity contribution in [2.24, 2.45) is 5.92 Å². The monoisotopic (exact) mass is 507 g/mol. The van der Waals surface area contributed by atoms with E-state index in [1.54, 1.807) is 49.6 Å². The topological polar surface area (TPSA) is 108 Å². The Bertz CT molecular complexity index is 1240. The number of anilines is 1. The van der Waals surface area contributed by atoms with Crippen LogP contribution in [0.2, 0.25) is 0 Å². The number of rotatable bonds is 6. The van der Waals surface area contributed by atoms with Crippen molar-refractivity contribution in [1.29, 1.82) is 0 Å². The predicted molar refractivity (Wildman–Crippen MR) is 137 cm³/mol. The number of fused-ring (bicyclic) bond motifs is 1. The molecule has 2 N–H and O–H groups in total. The van der Waals surface area contributed by atoms with Crippen LogP contribution in [-0.4, -0.2) is 75.7 Å². The molecule has 10 heteroatoms. The quantitative estimate of drug-likeness (QED) is 0.527. The molecule has 194 valence electrons. The summed E-state index contributed by atoms with van der Waals surface area (Å²) < 4.78 is 19.4. The first-order valence-corrected chi connectivity index (χ1v) is 12.0. The third kappa shape index (κ3) is 6.03. The zero-order valence-corrected chi connectivity index (χ0v) is 21.0. The number of benzene rings is 1. The van der Waals surface area contributed by atoms with Gasteiger partial charge in [0.2, 0.25) is 5.88 Å². The summed E-state index contributed by atoms with van der Waals surface area (Å²) in [5.41, 5.74) is 2.25. The van der Waals surface area contributed by atoms with Crippen LogP contribution in [0.15, 0.2) is 61.1 Å². The first kappa shape index (κ1) is 26.0. The molecule has 37 heavy (non-hydrogen) atoms. The molecule has 0 aliphatic carbocycles. The number of amides is 3. The molecular weight excluding hydrogens is 477 g/mol. The number of aliphatic hydroxyl groups excluding tert-OH is 1. The van der Waals surface area contributed by atoms with Crippen LogP contribution in [0, 0.1) is 11.7 Å². The van der Waals surface area contributed by atoms with Crippen molar-refractivity contribution in [2.75, 3.05) is 32.1 Å². The molecule has 0 radical (unpaired) electrons. The van der Waals surface area contributed by atoms with Crippen molar-refractivity contribution >= 4 is 17.6 Å². The van der Waals surface area contributed by atoms with Crippen molar-refractivity contribution in [3.63, 3.8) is 0 Å². The zero-order chi connectivity index (χ0) is 26.5. The highest BCUT2D eigenvalue weighted by atomic mass is 19.1. The van der Waals surface area contributed by atoms with Crippen LogP contribution in [0.25, 0.3) is 11.1 Å². The molecule has 0 fully saturated rings. The van der Waals surface area contributed by atoms with Gasteiger partial charge in [-0.05, 0) is 43.3 Å². The number of likely N-dealkylation sites (N-methyl/N-ethyl adjacent to an activating group) is 1. The van der Waals surface area contributed by atoms with Gasteiger partial charge in [-0.1, -0.05) is 13.0 Å². The molecule has 0 spiro atoms. The molecule has 2 aromatic heterocycles. The number of hydrogen-bond donors (Lipinski definition) is 2. The van der Waals surface area contributed by atoms with Gasteiger partial charge in [0.1, 0.15) is 17.5 Å². The minimum atomic E-state index is -0.499. The first-order chi connectivity index (χ1) is 17.8. The smallest absolute Gasteiger partial charge is 0.321 e. The zero-order valence-electron chi connectivity index (χ0n) is 21.0. The maximum atomic E-state index is 13.6. The van der Waals surface area contributed by atoms with Crippen LogP contribution in [0.3, 0.4) is 0 Å². The van der Waals surface area contributed by atoms with Crippen LogP contribution in [0.4, 0.5) is 14.9 Å². The first-order valence-electron chi connectivity index (χ1n) is 12.0. The molecule has 3 heterocycles. The van der Waals surface area contributed by atoms with Gasteiger partial charge < -0.3 is 25.0 Å². The van der Waals surface area contributed by atoms with Gasteiger partial charge in [-0.25, -0.2) is 14.2 Å². The van der Waals surface area contributed by atoms with Crippen molar-refractivity contribution < 1.29 is 23.8 Å². The molecule has 1 aliphatic rings. The number of nitrogens with zero attached hydrogens (tertiary/aromatic N) is 4. The number of aromatic nitrogens is 2. The maximum Gasteiger partial charge on any atom is 0.321 e. The van der Waals surface area contributed by atoms with E-state index in [9.17, 15) is 19.1 Å². The molecule has 0 saturated heterocycles. The van der Waals surface area contributed by atoms with Gasteiger partial charge in [-0.2, -0.15) is 0 Å². The molecule has 1 aliphatic heterocycles. The second-order valence-corrected chi connectivity index (χ2v) is 9.26. The van der Waals surface area contributed by atoms with E-state index in [4.69, 9.17) is 4.74 Å². The van der Waals surface area contributed by atoms with Crippen molar-refractivity contribution in [1.82, 2.24) is 19.8 Å². The molecule has 9 nitrogen and oxygen atoms in total. The average Bonchev–Trinajstić information content (AvgIpc) is 2.91. The van der Waals surface area contributed by atoms with Crippen LogP contribution in [-0.2, 0) is 0 Å². The Morgan fingerprint density at radius 1 is 1.27 bits per heavy atom. The van der Waals surface area contributed by atoms with Crippen molar-refractivity contribution in [3.05, 3.63) is 72.4 Å². The number of hydrogen-bond acceptors (Lipinski definition) is 6. The summed E-state index contributed by atoms with van der Waals surface area (Å²) in [7, 11) is 1.63. The molecule has 0 saturated carbocycles. The number of halogens is 1. The summed E-state index contributed by atoms with van der Waals surface area (Å²) in [6, 6.07) is 10.1. The van der Waals surface area contributed by atoms with E-state index in [1.165, 1.54) is 29.2 Å². The van der Waals surface area contributed by atoms with E-state index < -0.39 is 18.0 Å². The third-order valence-electron chi connectivity index (χ3n) is 6.41. The molecule has 3 aromatic rings. The predicted octanol–water partition coefficient (Wildman–Crippen LogP) is 3.67. The molecule has 0 unspecified atom stereocenters. The Balaban J connectivity index is 1.61. The Kier molecular flexibility index (Phi) is 7.98. The Hall–Kier alpha value is -4.05. The summed E-state index contributed by atoms with van der Waals surface area (Å²) in [6.07, 6.45) is 4.47. The van der Waals surface area contributed by atoms with Gasteiger partial charge in [-0.15, -0.1) is 0 Å². The average molecular weight is 508 g/mol. The third-order valence-corrected chi connectivity index (χ3v) is 6.41. The van der Waals surface area contributed by atoms with Gasteiger partial charge in [-0.3, -0.25) is 9.78 Å². The standard InChI is InChI=1S/C27H30FN5O4/c1-17-14-33(18(2)16-34)26(35)23-11-20(19-5-4-10-29-12-19)13-30-25(23)37-24(17)15-32(3)27(36)31-22-8-6-21(28)7-9-22/h4-13,17-18,24,34H,14-16H2,1-3H3,(H,31,36)/t17-,18-,24-/m0/s1. The lowest BCUT2D eigenvalue weighted by Crippen LogP contribution is -2.50. The number of urea groups is 1. The Morgan fingerprint density at radius 2 is 2.03 bits per heavy atom. The SMILES string of the molecule is C[C@H]1CN([C@@H](C)CO)C(=O)c2cc(-c3cccnc3)cnc2O[C@H]1CN(C)C(=O)Nc1ccc(F)cc1. The Labute approximate surface area is 214 Å². The van der Waals surface area contributed by atoms with Crippen molar-refractivity contribution in [2.45, 2.75) is 26.0 Å². The van der Waals surface area contributed by atoms with Gasteiger partial charge in [0.25, 0.3) is 5.91 Å². The summed E-state index contributed by atoms with van der Waals surface area (Å²) in [5, 5.41) is 12.6. The number of aliphatic hydroxyl groups is 1. The Morgan fingerprint density at radius 3 is 2.70 bits per heavy atom. The van der Waals surface area contributed by atoms with Crippen LogP contribution in [0.5, 0.6) is 5.88 Å². The fraction of sp³-hybridized carbons (Fsp3) is 0.333. The van der Waals surface area contributed by atoms with E-state index in [-0.39, 0.29) is 42.5 Å². The van der Waals surface area contributed by atoms with E-state index in [1.807, 2.05) is 13.0 Å². The largest absolute Gasteiger partial charge is 0.472 e. The van der Waals surface area contributed by atoms with Crippen molar-refractivity contribution in [3.8, 4) is 17.0 Å². The number of ether oxygens (including phenoxy) is 1. The molecule has 1 aromatic carbocycles. The van der Waals surface area contributed by atoms with E-state index in [0.717, 1.165) is 5.56 Å². The summed E-state index contributed by atoms with van der Waals surface area (Å²) in [5.74, 6) is -0.705. The summed E-state index contributed by atoms with van der Waals surface area (Å²) in [4.78, 5) is 38.0. The lowest BCUT2D eigenvalue weighted by Gasteiger charge is -2.37. The fourth-order valence-electron chi connectivity index (χ4n) is 4.12. The number of pyridine rings is 2. The molecular formula is C27H30FN5O4. The minimum absolute atomic E-state index is 0.164. The lowest BCUT2D eigenvalue weighted by molar-refractivity contribution is 0.0356. The molecule has 0 bridgehead atoms. The van der Waals surface area contributed by atoms with Gasteiger partial charge in [0.15, 0.2) is 0 Å². The van der Waals surface area contributed by atoms with Crippen LogP contribution in [0.1, 0.15) is 24.2 Å². The number of carbonyl (C=O) groups excluding carboxylic acids is 2. The molecule has 3 amide bonds. The van der Waals surface area contributed by atoms with Crippen LogP contribution < -0.4 is 10.1 Å². The second-order valence-electron chi connectivity index (χ2n) is 9.26.